The second kappa shape index (κ2) is 4.07. The van der Waals surface area contributed by atoms with Gasteiger partial charge in [0.1, 0.15) is 0 Å². The maximum absolute atomic E-state index is 11.2. The molecular weight excluding hydrogens is 232 g/mol. The van der Waals surface area contributed by atoms with Gasteiger partial charge in [0.15, 0.2) is 5.78 Å². The van der Waals surface area contributed by atoms with E-state index in [1.165, 1.54) is 0 Å². The Morgan fingerprint density at radius 3 is 2.69 bits per heavy atom. The van der Waals surface area contributed by atoms with Crippen molar-refractivity contribution < 1.29 is 4.79 Å². The van der Waals surface area contributed by atoms with Gasteiger partial charge in [-0.1, -0.05) is 0 Å². The van der Waals surface area contributed by atoms with Gasteiger partial charge in [-0.3, -0.25) is 4.79 Å². The molecule has 0 unspecified atom stereocenters. The van der Waals surface area contributed by atoms with Gasteiger partial charge in [0.25, 0.3) is 0 Å². The zero-order valence-electron chi connectivity index (χ0n) is 7.75. The molecule has 0 atom stereocenters. The molecule has 1 aromatic rings. The molecule has 3 nitrogen and oxygen atoms in total. The van der Waals surface area contributed by atoms with Crippen molar-refractivity contribution >= 4 is 21.7 Å². The first-order valence-corrected chi connectivity index (χ1v) is 4.96. The Balaban J connectivity index is 3.02. The highest BCUT2D eigenvalue weighted by Crippen LogP contribution is 2.20. The Morgan fingerprint density at radius 1 is 1.69 bits per heavy atom. The normalized spacial score (nSPS) is 10.8. The summed E-state index contributed by atoms with van der Waals surface area (Å²) < 4.78 is 2.90. The van der Waals surface area contributed by atoms with Crippen molar-refractivity contribution in [3.63, 3.8) is 0 Å². The number of hydrogen-bond acceptors (Lipinski definition) is 2. The summed E-state index contributed by atoms with van der Waals surface area (Å²) in [6.45, 7) is 4.18. The van der Waals surface area contributed by atoms with Crippen LogP contribution >= 0.6 is 15.9 Å². The average molecular weight is 245 g/mol. The highest BCUT2D eigenvalue weighted by Gasteiger charge is 2.10. The summed E-state index contributed by atoms with van der Waals surface area (Å²) in [6, 6.07) is 2.14. The Bertz CT molecular complexity index is 317. The van der Waals surface area contributed by atoms with E-state index in [9.17, 15) is 4.79 Å². The van der Waals surface area contributed by atoms with Crippen LogP contribution in [0.5, 0.6) is 0 Å². The van der Waals surface area contributed by atoms with Crippen molar-refractivity contribution in [2.24, 2.45) is 5.73 Å². The van der Waals surface area contributed by atoms with Gasteiger partial charge < -0.3 is 10.3 Å². The lowest BCUT2D eigenvalue weighted by Gasteiger charge is -2.07. The molecule has 0 amide bonds. The highest BCUT2D eigenvalue weighted by atomic mass is 79.9. The van der Waals surface area contributed by atoms with Crippen molar-refractivity contribution in [2.45, 2.75) is 19.9 Å². The number of halogens is 1. The first-order valence-electron chi connectivity index (χ1n) is 4.17. The first kappa shape index (κ1) is 10.5. The summed E-state index contributed by atoms with van der Waals surface area (Å²) in [7, 11) is 0. The van der Waals surface area contributed by atoms with Gasteiger partial charge in [0.05, 0.1) is 11.1 Å². The Hall–Kier alpha value is -0.610. The highest BCUT2D eigenvalue weighted by molar-refractivity contribution is 9.10. The zero-order chi connectivity index (χ0) is 10.0. The molecule has 0 saturated heterocycles. The third-order valence-corrected chi connectivity index (χ3v) is 2.50. The van der Waals surface area contributed by atoms with Crippen molar-refractivity contribution in [2.75, 3.05) is 6.54 Å². The standard InChI is InChI=1S/C9H13BrN2O/c1-6(2)12-5-7(3-9(12)10)8(13)4-11/h3,5-6H,4,11H2,1-2H3. The number of carbonyl (C=O) groups excluding carboxylic acids is 1. The van der Waals surface area contributed by atoms with Crippen LogP contribution in [0.3, 0.4) is 0 Å². The lowest BCUT2D eigenvalue weighted by atomic mass is 10.2. The molecule has 1 aromatic heterocycles. The smallest absolute Gasteiger partial charge is 0.177 e. The maximum Gasteiger partial charge on any atom is 0.177 e. The molecule has 0 fully saturated rings. The fourth-order valence-corrected chi connectivity index (χ4v) is 1.88. The van der Waals surface area contributed by atoms with E-state index in [4.69, 9.17) is 5.73 Å². The number of aromatic nitrogens is 1. The number of nitrogens with zero attached hydrogens (tertiary/aromatic N) is 1. The van der Waals surface area contributed by atoms with Crippen molar-refractivity contribution in [1.82, 2.24) is 4.57 Å². The Kier molecular flexibility index (Phi) is 3.27. The van der Waals surface area contributed by atoms with E-state index < -0.39 is 0 Å². The predicted molar refractivity (Wildman–Crippen MR) is 55.9 cm³/mol. The minimum atomic E-state index is -0.0277. The molecule has 0 bridgehead atoms. The van der Waals surface area contributed by atoms with E-state index in [0.717, 1.165) is 4.60 Å². The van der Waals surface area contributed by atoms with E-state index in [0.29, 0.717) is 11.6 Å². The molecule has 0 saturated carbocycles. The summed E-state index contributed by atoms with van der Waals surface area (Å²) in [6.07, 6.45) is 1.82. The van der Waals surface area contributed by atoms with E-state index in [1.54, 1.807) is 6.07 Å². The molecule has 4 heteroatoms. The van der Waals surface area contributed by atoms with E-state index in [1.807, 2.05) is 10.8 Å². The maximum atomic E-state index is 11.2. The third kappa shape index (κ3) is 2.19. The molecule has 1 heterocycles. The van der Waals surface area contributed by atoms with Crippen molar-refractivity contribution in [3.8, 4) is 0 Å². The summed E-state index contributed by atoms with van der Waals surface area (Å²) in [5.41, 5.74) is 5.93. The Morgan fingerprint density at radius 2 is 2.31 bits per heavy atom. The van der Waals surface area contributed by atoms with Crippen LogP contribution in [0.1, 0.15) is 30.2 Å². The largest absolute Gasteiger partial charge is 0.339 e. The topological polar surface area (TPSA) is 48.0 Å². The molecule has 0 spiro atoms. The number of rotatable bonds is 3. The number of hydrogen-bond donors (Lipinski definition) is 1. The van der Waals surface area contributed by atoms with Crippen LogP contribution in [0, 0.1) is 0 Å². The number of ketones is 1. The van der Waals surface area contributed by atoms with Crippen LogP contribution in [-0.4, -0.2) is 16.9 Å². The minimum Gasteiger partial charge on any atom is -0.339 e. The molecule has 0 aromatic carbocycles. The fraction of sp³-hybridized carbons (Fsp3) is 0.444. The summed E-state index contributed by atoms with van der Waals surface area (Å²) in [5.74, 6) is -0.0277. The van der Waals surface area contributed by atoms with Gasteiger partial charge in [-0.15, -0.1) is 0 Å². The fourth-order valence-electron chi connectivity index (χ4n) is 1.12. The zero-order valence-corrected chi connectivity index (χ0v) is 9.34. The molecule has 72 valence electrons. The second-order valence-electron chi connectivity index (χ2n) is 3.18. The number of nitrogens with two attached hydrogens (primary N) is 1. The van der Waals surface area contributed by atoms with Crippen molar-refractivity contribution in [3.05, 3.63) is 22.4 Å². The summed E-state index contributed by atoms with van der Waals surface area (Å²) in [4.78, 5) is 11.2. The van der Waals surface area contributed by atoms with Gasteiger partial charge in [0, 0.05) is 17.8 Å². The lowest BCUT2D eigenvalue weighted by Crippen LogP contribution is -2.12. The van der Waals surface area contributed by atoms with Gasteiger partial charge in [0.2, 0.25) is 0 Å². The third-order valence-electron chi connectivity index (χ3n) is 1.86. The predicted octanol–water partition coefficient (Wildman–Crippen LogP) is 1.97. The van der Waals surface area contributed by atoms with Crippen molar-refractivity contribution in [1.29, 1.82) is 0 Å². The average Bonchev–Trinajstić information content (AvgIpc) is 2.46. The molecule has 0 aliphatic rings. The Labute approximate surface area is 86.0 Å². The first-order chi connectivity index (χ1) is 6.06. The van der Waals surface area contributed by atoms with Crippen LogP contribution < -0.4 is 5.73 Å². The monoisotopic (exact) mass is 244 g/mol. The van der Waals surface area contributed by atoms with Crippen LogP contribution in [0.25, 0.3) is 0 Å². The van der Waals surface area contributed by atoms with Gasteiger partial charge >= 0.3 is 0 Å². The quantitative estimate of drug-likeness (QED) is 0.827. The second-order valence-corrected chi connectivity index (χ2v) is 3.99. The van der Waals surface area contributed by atoms with E-state index in [-0.39, 0.29) is 12.3 Å². The molecule has 0 radical (unpaired) electrons. The minimum absolute atomic E-state index is 0.0277. The molecular formula is C9H13BrN2O. The van der Waals surface area contributed by atoms with E-state index >= 15 is 0 Å². The van der Waals surface area contributed by atoms with Crippen LogP contribution in [0.15, 0.2) is 16.9 Å². The molecule has 1 rings (SSSR count). The summed E-state index contributed by atoms with van der Waals surface area (Å²) >= 11 is 3.39. The number of carbonyl (C=O) groups is 1. The van der Waals surface area contributed by atoms with Gasteiger partial charge in [-0.2, -0.15) is 0 Å². The van der Waals surface area contributed by atoms with Crippen LogP contribution in [-0.2, 0) is 0 Å². The molecule has 0 aliphatic carbocycles. The lowest BCUT2D eigenvalue weighted by molar-refractivity contribution is 0.100. The van der Waals surface area contributed by atoms with Gasteiger partial charge in [-0.25, -0.2) is 0 Å². The van der Waals surface area contributed by atoms with Gasteiger partial charge in [-0.05, 0) is 35.8 Å². The molecule has 0 aliphatic heterocycles. The summed E-state index contributed by atoms with van der Waals surface area (Å²) in [5, 5.41) is 0. The van der Waals surface area contributed by atoms with E-state index in [2.05, 4.69) is 29.8 Å². The van der Waals surface area contributed by atoms with Crippen LogP contribution in [0.4, 0.5) is 0 Å². The molecule has 2 N–H and O–H groups in total. The van der Waals surface area contributed by atoms with Crippen LogP contribution in [0.2, 0.25) is 0 Å². The number of Topliss-reactive ketones (excluding diaryl/α,β-unsaturated/α-hetero) is 1. The SMILES string of the molecule is CC(C)n1cc(C(=O)CN)cc1Br. The molecule has 13 heavy (non-hydrogen) atoms.